The van der Waals surface area contributed by atoms with Crippen molar-refractivity contribution in [3.63, 3.8) is 0 Å². The van der Waals surface area contributed by atoms with E-state index in [1.165, 1.54) is 24.5 Å². The van der Waals surface area contributed by atoms with Crippen molar-refractivity contribution in [2.45, 2.75) is 38.4 Å². The molecule has 0 aromatic heterocycles. The zero-order valence-corrected chi connectivity index (χ0v) is 9.08. The Morgan fingerprint density at radius 2 is 2.38 bits per heavy atom. The van der Waals surface area contributed by atoms with Crippen LogP contribution in [0.15, 0.2) is 11.8 Å². The summed E-state index contributed by atoms with van der Waals surface area (Å²) in [6, 6.07) is 0. The lowest BCUT2D eigenvalue weighted by atomic mass is 9.89. The minimum Gasteiger partial charge on any atom is -0.412 e. The van der Waals surface area contributed by atoms with E-state index >= 15 is 0 Å². The molecule has 3 heteroatoms. The molecule has 1 aliphatic carbocycles. The van der Waals surface area contributed by atoms with Gasteiger partial charge < -0.3 is 9.16 Å². The average Bonchev–Trinajstić information content (AvgIpc) is 2.91. The predicted octanol–water partition coefficient (Wildman–Crippen LogP) is 1.72. The van der Waals surface area contributed by atoms with Gasteiger partial charge in [0, 0.05) is 6.61 Å². The van der Waals surface area contributed by atoms with Crippen LogP contribution >= 0.6 is 0 Å². The van der Waals surface area contributed by atoms with Gasteiger partial charge in [-0.15, -0.1) is 6.58 Å². The van der Waals surface area contributed by atoms with Crippen LogP contribution in [0.2, 0.25) is 0 Å². The van der Waals surface area contributed by atoms with E-state index in [1.54, 1.807) is 0 Å². The first-order chi connectivity index (χ1) is 6.31. The molecule has 0 aromatic rings. The Morgan fingerprint density at radius 3 is 3.08 bits per heavy atom. The minimum atomic E-state index is 0.495. The van der Waals surface area contributed by atoms with Gasteiger partial charge in [-0.1, -0.05) is 5.20 Å². The van der Waals surface area contributed by atoms with Gasteiger partial charge in [-0.2, -0.15) is 0 Å². The van der Waals surface area contributed by atoms with Crippen molar-refractivity contribution in [2.75, 3.05) is 6.61 Å². The lowest BCUT2D eigenvalue weighted by Gasteiger charge is -2.20. The molecule has 3 atom stereocenters. The van der Waals surface area contributed by atoms with Gasteiger partial charge in [0.15, 0.2) is 0 Å². The first-order valence-corrected chi connectivity index (χ1v) is 5.94. The van der Waals surface area contributed by atoms with Crippen molar-refractivity contribution in [2.24, 2.45) is 5.92 Å². The lowest BCUT2D eigenvalue weighted by molar-refractivity contribution is 0.355. The molecule has 2 radical (unpaired) electrons. The summed E-state index contributed by atoms with van der Waals surface area (Å²) >= 11 is 0. The molecule has 1 saturated heterocycles. The van der Waals surface area contributed by atoms with E-state index in [0.717, 1.165) is 6.61 Å². The van der Waals surface area contributed by atoms with Crippen LogP contribution in [0, 0.1) is 5.92 Å². The second-order valence-electron chi connectivity index (χ2n) is 3.78. The molecule has 2 rings (SSSR count). The number of allylic oxidation sites excluding steroid dienone is 1. The van der Waals surface area contributed by atoms with Crippen molar-refractivity contribution >= 4 is 9.76 Å². The maximum atomic E-state index is 5.48. The highest BCUT2D eigenvalue weighted by atomic mass is 28.2. The molecule has 0 N–H and O–H groups in total. The van der Waals surface area contributed by atoms with Gasteiger partial charge in [0.1, 0.15) is 0 Å². The molecular weight excluding hydrogens is 180 g/mol. The van der Waals surface area contributed by atoms with Gasteiger partial charge >= 0.3 is 0 Å². The fourth-order valence-electron chi connectivity index (χ4n) is 1.97. The lowest BCUT2D eigenvalue weighted by Crippen LogP contribution is -2.19. The van der Waals surface area contributed by atoms with Gasteiger partial charge in [0.05, 0.1) is 12.2 Å². The summed E-state index contributed by atoms with van der Waals surface area (Å²) in [6.45, 7) is 6.93. The molecule has 0 bridgehead atoms. The third kappa shape index (κ3) is 2.21. The van der Waals surface area contributed by atoms with Crippen molar-refractivity contribution in [1.82, 2.24) is 0 Å². The maximum absolute atomic E-state index is 5.48. The number of hydrogen-bond acceptors (Lipinski definition) is 2. The monoisotopic (exact) mass is 196 g/mol. The zero-order valence-electron chi connectivity index (χ0n) is 8.08. The third-order valence-corrected chi connectivity index (χ3v) is 3.95. The second-order valence-corrected chi connectivity index (χ2v) is 4.92. The zero-order chi connectivity index (χ0) is 9.26. The Hall–Kier alpha value is -0.123. The second kappa shape index (κ2) is 3.94. The first kappa shape index (κ1) is 9.43. The molecule has 3 unspecified atom stereocenters. The Labute approximate surface area is 82.2 Å². The van der Waals surface area contributed by atoms with E-state index in [-0.39, 0.29) is 0 Å². The number of epoxide rings is 1. The van der Waals surface area contributed by atoms with E-state index in [2.05, 4.69) is 6.58 Å². The van der Waals surface area contributed by atoms with Gasteiger partial charge in [0.2, 0.25) is 0 Å². The number of ether oxygens (including phenoxy) is 1. The third-order valence-electron chi connectivity index (χ3n) is 2.84. The Bertz CT molecular complexity index is 205. The Balaban J connectivity index is 1.75. The van der Waals surface area contributed by atoms with Crippen molar-refractivity contribution in [1.29, 1.82) is 0 Å². The molecule has 1 heterocycles. The van der Waals surface area contributed by atoms with Gasteiger partial charge in [-0.3, -0.25) is 0 Å². The van der Waals surface area contributed by atoms with Crippen molar-refractivity contribution in [3.8, 4) is 0 Å². The van der Waals surface area contributed by atoms with E-state index < -0.39 is 0 Å². The van der Waals surface area contributed by atoms with Crippen LogP contribution in [0.4, 0.5) is 0 Å². The van der Waals surface area contributed by atoms with Gasteiger partial charge in [-0.25, -0.2) is 0 Å². The standard InChI is InChI=1S/C10H16O2Si/c1-3-11-13-7(2)8-4-5-9-10(6-8)12-9/h8-10H,2-6H2,1H3. The molecule has 13 heavy (non-hydrogen) atoms. The predicted molar refractivity (Wildman–Crippen MR) is 52.5 cm³/mol. The summed E-state index contributed by atoms with van der Waals surface area (Å²) in [5.41, 5.74) is 0. The molecular formula is C10H16O2Si. The number of hydrogen-bond donors (Lipinski definition) is 0. The average molecular weight is 196 g/mol. The molecule has 2 aliphatic rings. The quantitative estimate of drug-likeness (QED) is 0.504. The smallest absolute Gasteiger partial charge is 0.263 e. The fraction of sp³-hybridized carbons (Fsp3) is 0.800. The van der Waals surface area contributed by atoms with E-state index in [4.69, 9.17) is 9.16 Å². The van der Waals surface area contributed by atoms with Gasteiger partial charge in [-0.05, 0) is 32.1 Å². The molecule has 1 saturated carbocycles. The molecule has 72 valence electrons. The first-order valence-electron chi connectivity index (χ1n) is 5.03. The SMILES string of the molecule is C=C([Si]OCC)C1CCC2OC2C1. The summed E-state index contributed by atoms with van der Waals surface area (Å²) in [5.74, 6) is 0.661. The van der Waals surface area contributed by atoms with Crippen LogP contribution < -0.4 is 0 Å². The molecule has 0 spiro atoms. The highest BCUT2D eigenvalue weighted by Gasteiger charge is 2.44. The molecule has 2 fully saturated rings. The largest absolute Gasteiger partial charge is 0.412 e. The molecule has 1 aliphatic heterocycles. The van der Waals surface area contributed by atoms with E-state index in [9.17, 15) is 0 Å². The van der Waals surface area contributed by atoms with Gasteiger partial charge in [0.25, 0.3) is 9.76 Å². The molecule has 2 nitrogen and oxygen atoms in total. The summed E-state index contributed by atoms with van der Waals surface area (Å²) in [6.07, 6.45) is 4.82. The van der Waals surface area contributed by atoms with Crippen LogP contribution in [0.25, 0.3) is 0 Å². The summed E-state index contributed by atoms with van der Waals surface area (Å²) < 4.78 is 10.9. The topological polar surface area (TPSA) is 21.8 Å². The van der Waals surface area contributed by atoms with Crippen LogP contribution in [0.1, 0.15) is 26.2 Å². The fourth-order valence-corrected chi connectivity index (χ4v) is 2.73. The number of fused-ring (bicyclic) bond motifs is 1. The molecule has 0 amide bonds. The van der Waals surface area contributed by atoms with Crippen LogP contribution in [-0.2, 0) is 9.16 Å². The minimum absolute atomic E-state index is 0.495. The normalized spacial score (nSPS) is 36.8. The summed E-state index contributed by atoms with van der Waals surface area (Å²) in [5, 5.41) is 1.29. The highest BCUT2D eigenvalue weighted by molar-refractivity contribution is 6.37. The maximum Gasteiger partial charge on any atom is 0.263 e. The number of rotatable bonds is 4. The molecule has 0 aromatic carbocycles. The van der Waals surface area contributed by atoms with E-state index in [0.29, 0.717) is 27.9 Å². The Kier molecular flexibility index (Phi) is 2.86. The van der Waals surface area contributed by atoms with Crippen LogP contribution in [-0.4, -0.2) is 28.6 Å². The van der Waals surface area contributed by atoms with Crippen molar-refractivity contribution in [3.05, 3.63) is 11.8 Å². The van der Waals surface area contributed by atoms with Crippen LogP contribution in [0.5, 0.6) is 0 Å². The summed E-state index contributed by atoms with van der Waals surface area (Å²) in [4.78, 5) is 0. The summed E-state index contributed by atoms with van der Waals surface area (Å²) in [7, 11) is 0.495. The van der Waals surface area contributed by atoms with Crippen molar-refractivity contribution < 1.29 is 9.16 Å². The highest BCUT2D eigenvalue weighted by Crippen LogP contribution is 2.41. The van der Waals surface area contributed by atoms with E-state index in [1.807, 2.05) is 6.92 Å². The Morgan fingerprint density at radius 1 is 1.54 bits per heavy atom. The van der Waals surface area contributed by atoms with Crippen LogP contribution in [0.3, 0.4) is 0 Å².